The lowest BCUT2D eigenvalue weighted by atomic mass is 10.1. The summed E-state index contributed by atoms with van der Waals surface area (Å²) in [5.74, 6) is 7.28. The summed E-state index contributed by atoms with van der Waals surface area (Å²) in [5, 5.41) is 2.55. The molecule has 0 N–H and O–H groups in total. The Morgan fingerprint density at radius 1 is 0.933 bits per heavy atom. The van der Waals surface area contributed by atoms with Crippen LogP contribution in [-0.4, -0.2) is 0 Å². The quantitative estimate of drug-likeness (QED) is 0.559. The number of hydrogen-bond acceptors (Lipinski definition) is 0. The summed E-state index contributed by atoms with van der Waals surface area (Å²) in [7, 11) is 0. The van der Waals surface area contributed by atoms with Crippen LogP contribution in [0, 0.1) is 17.8 Å². The van der Waals surface area contributed by atoms with E-state index in [9.17, 15) is 0 Å². The zero-order valence-corrected chi connectivity index (χ0v) is 8.53. The van der Waals surface area contributed by atoms with E-state index < -0.39 is 0 Å². The van der Waals surface area contributed by atoms with Crippen molar-refractivity contribution in [3.8, 4) is 11.8 Å². The molecule has 0 radical (unpaired) electrons. The van der Waals surface area contributed by atoms with Crippen LogP contribution in [0.15, 0.2) is 42.5 Å². The van der Waals surface area contributed by atoms with E-state index in [-0.39, 0.29) is 0 Å². The minimum absolute atomic E-state index is 0.670. The van der Waals surface area contributed by atoms with Gasteiger partial charge in [-0.05, 0) is 29.7 Å². The SMILES string of the molecule is C(#CC1CC1)c1cccc2ccccc12. The van der Waals surface area contributed by atoms with Crippen LogP contribution in [0.1, 0.15) is 18.4 Å². The molecule has 1 fully saturated rings. The first kappa shape index (κ1) is 8.56. The van der Waals surface area contributed by atoms with Gasteiger partial charge in [-0.2, -0.15) is 0 Å². The third kappa shape index (κ3) is 1.74. The fourth-order valence-electron chi connectivity index (χ4n) is 1.74. The summed E-state index contributed by atoms with van der Waals surface area (Å²) in [6.45, 7) is 0. The lowest BCUT2D eigenvalue weighted by molar-refractivity contribution is 1.18. The van der Waals surface area contributed by atoms with Crippen LogP contribution < -0.4 is 0 Å². The highest BCUT2D eigenvalue weighted by Gasteiger charge is 2.17. The predicted octanol–water partition coefficient (Wildman–Crippen LogP) is 3.60. The second-order valence-electron chi connectivity index (χ2n) is 4.07. The van der Waals surface area contributed by atoms with Crippen molar-refractivity contribution in [1.29, 1.82) is 0 Å². The molecule has 1 aliphatic rings. The van der Waals surface area contributed by atoms with E-state index in [0.29, 0.717) is 5.92 Å². The molecular weight excluding hydrogens is 180 g/mol. The molecule has 15 heavy (non-hydrogen) atoms. The first-order valence-electron chi connectivity index (χ1n) is 5.43. The van der Waals surface area contributed by atoms with Gasteiger partial charge in [0.25, 0.3) is 0 Å². The van der Waals surface area contributed by atoms with Crippen LogP contribution in [0.3, 0.4) is 0 Å². The van der Waals surface area contributed by atoms with E-state index in [4.69, 9.17) is 0 Å². The molecule has 0 aromatic heterocycles. The van der Waals surface area contributed by atoms with Crippen molar-refractivity contribution in [3.05, 3.63) is 48.0 Å². The van der Waals surface area contributed by atoms with Crippen molar-refractivity contribution in [3.63, 3.8) is 0 Å². The van der Waals surface area contributed by atoms with Gasteiger partial charge in [0.2, 0.25) is 0 Å². The third-order valence-corrected chi connectivity index (χ3v) is 2.78. The van der Waals surface area contributed by atoms with Crippen molar-refractivity contribution in [2.45, 2.75) is 12.8 Å². The first-order valence-corrected chi connectivity index (χ1v) is 5.43. The minimum Gasteiger partial charge on any atom is -0.0945 e. The average molecular weight is 192 g/mol. The predicted molar refractivity (Wildman–Crippen MR) is 63.6 cm³/mol. The van der Waals surface area contributed by atoms with Crippen molar-refractivity contribution < 1.29 is 0 Å². The Labute approximate surface area is 89.9 Å². The molecule has 0 heteroatoms. The summed E-state index contributed by atoms with van der Waals surface area (Å²) < 4.78 is 0. The van der Waals surface area contributed by atoms with Gasteiger partial charge in [-0.3, -0.25) is 0 Å². The zero-order chi connectivity index (χ0) is 10.1. The lowest BCUT2D eigenvalue weighted by Gasteiger charge is -1.98. The fourth-order valence-corrected chi connectivity index (χ4v) is 1.74. The minimum atomic E-state index is 0.670. The van der Waals surface area contributed by atoms with Crippen LogP contribution in [0.25, 0.3) is 10.8 Å². The largest absolute Gasteiger partial charge is 0.0945 e. The molecule has 0 amide bonds. The van der Waals surface area contributed by atoms with Crippen LogP contribution in [0.2, 0.25) is 0 Å². The Morgan fingerprint density at radius 2 is 1.73 bits per heavy atom. The molecule has 0 nitrogen and oxygen atoms in total. The number of hydrogen-bond donors (Lipinski definition) is 0. The van der Waals surface area contributed by atoms with Crippen LogP contribution in [0.4, 0.5) is 0 Å². The Morgan fingerprint density at radius 3 is 2.60 bits per heavy atom. The molecule has 1 aliphatic carbocycles. The smallest absolute Gasteiger partial charge is 0.0323 e. The highest BCUT2D eigenvalue weighted by Crippen LogP contribution is 2.28. The monoisotopic (exact) mass is 192 g/mol. The summed E-state index contributed by atoms with van der Waals surface area (Å²) in [4.78, 5) is 0. The van der Waals surface area contributed by atoms with E-state index in [1.54, 1.807) is 0 Å². The topological polar surface area (TPSA) is 0 Å². The van der Waals surface area contributed by atoms with Gasteiger partial charge < -0.3 is 0 Å². The molecular formula is C15H12. The summed E-state index contributed by atoms with van der Waals surface area (Å²) in [5.41, 5.74) is 1.17. The lowest BCUT2D eigenvalue weighted by Crippen LogP contribution is -1.78. The van der Waals surface area contributed by atoms with E-state index >= 15 is 0 Å². The van der Waals surface area contributed by atoms with Gasteiger partial charge in [0, 0.05) is 11.5 Å². The van der Waals surface area contributed by atoms with E-state index in [1.165, 1.54) is 29.2 Å². The van der Waals surface area contributed by atoms with E-state index in [1.807, 2.05) is 0 Å². The van der Waals surface area contributed by atoms with Gasteiger partial charge in [0.05, 0.1) is 0 Å². The van der Waals surface area contributed by atoms with Gasteiger partial charge in [-0.25, -0.2) is 0 Å². The first-order chi connectivity index (χ1) is 7.43. The summed E-state index contributed by atoms with van der Waals surface area (Å²) >= 11 is 0. The van der Waals surface area contributed by atoms with Crippen molar-refractivity contribution in [1.82, 2.24) is 0 Å². The Balaban J connectivity index is 2.13. The Bertz CT molecular complexity index is 546. The van der Waals surface area contributed by atoms with E-state index in [0.717, 1.165) is 0 Å². The summed E-state index contributed by atoms with van der Waals surface area (Å²) in [6.07, 6.45) is 2.58. The maximum atomic E-state index is 3.32. The zero-order valence-electron chi connectivity index (χ0n) is 8.53. The molecule has 2 aromatic rings. The Kier molecular flexibility index (Phi) is 1.96. The standard InChI is InChI=1S/C15H12/c1-2-7-15-13(4-1)5-3-6-14(15)11-10-12-8-9-12/h1-7,12H,8-9H2. The second kappa shape index (κ2) is 3.44. The molecule has 0 unspecified atom stereocenters. The van der Waals surface area contributed by atoms with Crippen LogP contribution >= 0.6 is 0 Å². The van der Waals surface area contributed by atoms with Gasteiger partial charge in [0.1, 0.15) is 0 Å². The highest BCUT2D eigenvalue weighted by atomic mass is 14.2. The normalized spacial score (nSPS) is 14.7. The van der Waals surface area contributed by atoms with Crippen molar-refractivity contribution in [2.75, 3.05) is 0 Å². The molecule has 0 saturated heterocycles. The van der Waals surface area contributed by atoms with Crippen molar-refractivity contribution >= 4 is 10.8 Å². The molecule has 0 atom stereocenters. The van der Waals surface area contributed by atoms with Gasteiger partial charge in [-0.1, -0.05) is 48.2 Å². The second-order valence-corrected chi connectivity index (χ2v) is 4.07. The molecule has 0 bridgehead atoms. The fraction of sp³-hybridized carbons (Fsp3) is 0.200. The molecule has 3 rings (SSSR count). The van der Waals surface area contributed by atoms with Crippen LogP contribution in [0.5, 0.6) is 0 Å². The molecule has 72 valence electrons. The average Bonchev–Trinajstić information content (AvgIpc) is 3.10. The maximum absolute atomic E-state index is 3.32. The molecule has 1 saturated carbocycles. The van der Waals surface area contributed by atoms with Crippen molar-refractivity contribution in [2.24, 2.45) is 5.92 Å². The van der Waals surface area contributed by atoms with Gasteiger partial charge in [0.15, 0.2) is 0 Å². The maximum Gasteiger partial charge on any atom is 0.0323 e. The molecule has 2 aromatic carbocycles. The highest BCUT2D eigenvalue weighted by molar-refractivity contribution is 5.88. The third-order valence-electron chi connectivity index (χ3n) is 2.78. The molecule has 0 spiro atoms. The van der Waals surface area contributed by atoms with E-state index in [2.05, 4.69) is 54.3 Å². The Hall–Kier alpha value is -1.74. The number of fused-ring (bicyclic) bond motifs is 1. The molecule has 0 heterocycles. The van der Waals surface area contributed by atoms with Gasteiger partial charge in [-0.15, -0.1) is 0 Å². The van der Waals surface area contributed by atoms with Gasteiger partial charge >= 0.3 is 0 Å². The van der Waals surface area contributed by atoms with Crippen LogP contribution in [-0.2, 0) is 0 Å². The summed E-state index contributed by atoms with van der Waals surface area (Å²) in [6, 6.07) is 14.8. The number of benzene rings is 2. The molecule has 0 aliphatic heterocycles. The number of rotatable bonds is 0.